The lowest BCUT2D eigenvalue weighted by molar-refractivity contribution is 0.0994. The Morgan fingerprint density at radius 3 is 2.34 bits per heavy atom. The molecule has 4 aromatic rings. The zero-order valence-electron chi connectivity index (χ0n) is 21.6. The van der Waals surface area contributed by atoms with Crippen LogP contribution in [0, 0.1) is 11.6 Å². The minimum atomic E-state index is -1.00. The molecule has 1 aliphatic rings. The maximum atomic E-state index is 14.5. The van der Waals surface area contributed by atoms with Crippen LogP contribution in [0.2, 0.25) is 0 Å². The van der Waals surface area contributed by atoms with Crippen molar-refractivity contribution in [2.75, 3.05) is 18.0 Å². The molecule has 2 aromatic heterocycles. The molecule has 9 nitrogen and oxygen atoms in total. The van der Waals surface area contributed by atoms with E-state index in [9.17, 15) is 18.4 Å². The number of benzene rings is 2. The summed E-state index contributed by atoms with van der Waals surface area (Å²) in [6, 6.07) is 7.89. The number of carbonyl (C=O) groups is 1. The zero-order chi connectivity index (χ0) is 27.5. The summed E-state index contributed by atoms with van der Waals surface area (Å²) in [5, 5.41) is 4.05. The highest BCUT2D eigenvalue weighted by molar-refractivity contribution is 6.04. The molecular formula is C27H29F2N7O2. The van der Waals surface area contributed by atoms with Gasteiger partial charge in [0.1, 0.15) is 17.0 Å². The Labute approximate surface area is 217 Å². The smallest absolute Gasteiger partial charge is 0.272 e. The van der Waals surface area contributed by atoms with Gasteiger partial charge in [0.25, 0.3) is 11.5 Å². The Kier molecular flexibility index (Phi) is 6.06. The molecule has 0 radical (unpaired) electrons. The SMILES string of the molecule is Cn1c(C(C)(C)C)nc2c(N3CC[C@H](N)C3)c(-c3cc(=O)n(-c4c(F)cccc4F)nc3C(N)=O)ccc21. The maximum Gasteiger partial charge on any atom is 0.272 e. The number of imidazole rings is 1. The Morgan fingerprint density at radius 1 is 1.08 bits per heavy atom. The van der Waals surface area contributed by atoms with Crippen LogP contribution < -0.4 is 21.9 Å². The number of fused-ring (bicyclic) bond motifs is 1. The number of primary amides is 1. The van der Waals surface area contributed by atoms with Gasteiger partial charge in [0.15, 0.2) is 17.3 Å². The molecule has 1 amide bonds. The van der Waals surface area contributed by atoms with Crippen molar-refractivity contribution >= 4 is 22.6 Å². The summed E-state index contributed by atoms with van der Waals surface area (Å²) in [4.78, 5) is 32.9. The number of aromatic nitrogens is 4. The van der Waals surface area contributed by atoms with E-state index in [-0.39, 0.29) is 22.7 Å². The fraction of sp³-hybridized carbons (Fsp3) is 0.333. The fourth-order valence-corrected chi connectivity index (χ4v) is 5.14. The van der Waals surface area contributed by atoms with E-state index in [1.165, 1.54) is 6.07 Å². The van der Waals surface area contributed by atoms with Gasteiger partial charge in [-0.05, 0) is 30.7 Å². The van der Waals surface area contributed by atoms with Crippen LogP contribution in [0.1, 0.15) is 43.5 Å². The van der Waals surface area contributed by atoms with E-state index in [2.05, 4.69) is 30.8 Å². The van der Waals surface area contributed by atoms with Crippen molar-refractivity contribution in [2.24, 2.45) is 18.5 Å². The van der Waals surface area contributed by atoms with Gasteiger partial charge in [-0.1, -0.05) is 26.8 Å². The van der Waals surface area contributed by atoms with Gasteiger partial charge in [-0.3, -0.25) is 9.59 Å². The van der Waals surface area contributed by atoms with Crippen LogP contribution in [-0.2, 0) is 12.5 Å². The molecular weight excluding hydrogens is 492 g/mol. The Morgan fingerprint density at radius 2 is 1.76 bits per heavy atom. The van der Waals surface area contributed by atoms with E-state index in [1.54, 1.807) is 6.07 Å². The average molecular weight is 522 g/mol. The number of nitrogens with zero attached hydrogens (tertiary/aromatic N) is 5. The minimum absolute atomic E-state index is 0.0605. The maximum absolute atomic E-state index is 14.5. The molecule has 3 heterocycles. The normalized spacial score (nSPS) is 16.0. The first-order valence-electron chi connectivity index (χ1n) is 12.3. The third-order valence-electron chi connectivity index (χ3n) is 6.84. The van der Waals surface area contributed by atoms with Crippen molar-refractivity contribution in [3.05, 3.63) is 69.9 Å². The molecule has 0 spiro atoms. The third-order valence-corrected chi connectivity index (χ3v) is 6.84. The topological polar surface area (TPSA) is 125 Å². The number of halogens is 2. The summed E-state index contributed by atoms with van der Waals surface area (Å²) in [6.07, 6.45) is 0.754. The van der Waals surface area contributed by atoms with Crippen molar-refractivity contribution in [1.29, 1.82) is 0 Å². The van der Waals surface area contributed by atoms with E-state index in [0.717, 1.165) is 36.0 Å². The van der Waals surface area contributed by atoms with Gasteiger partial charge in [-0.25, -0.2) is 13.8 Å². The standard InChI is InChI=1S/C27H29F2N7O2/c1-27(2,3)26-32-22-19(34(26)4)9-8-15(23(22)35-11-10-14(30)13-35)16-12-20(37)36(33-21(16)25(31)38)24-17(28)6-5-7-18(24)29/h5-9,12,14H,10-11,13,30H2,1-4H3,(H2,31,38)/t14-/m0/s1. The van der Waals surface area contributed by atoms with Gasteiger partial charge in [-0.15, -0.1) is 0 Å². The molecule has 2 aromatic carbocycles. The van der Waals surface area contributed by atoms with Crippen molar-refractivity contribution < 1.29 is 13.6 Å². The lowest BCUT2D eigenvalue weighted by Crippen LogP contribution is -2.29. The van der Waals surface area contributed by atoms with E-state index in [0.29, 0.717) is 34.5 Å². The van der Waals surface area contributed by atoms with Gasteiger partial charge in [0, 0.05) is 48.8 Å². The van der Waals surface area contributed by atoms with E-state index in [4.69, 9.17) is 16.5 Å². The lowest BCUT2D eigenvalue weighted by atomic mass is 9.96. The molecule has 1 atom stereocenters. The highest BCUT2D eigenvalue weighted by Crippen LogP contribution is 2.40. The largest absolute Gasteiger partial charge is 0.368 e. The number of hydrogen-bond donors (Lipinski definition) is 2. The number of amides is 1. The van der Waals surface area contributed by atoms with E-state index in [1.807, 2.05) is 17.7 Å². The number of para-hydroxylation sites is 1. The molecule has 0 aliphatic carbocycles. The summed E-state index contributed by atoms with van der Waals surface area (Å²) in [7, 11) is 1.94. The molecule has 4 N–H and O–H groups in total. The molecule has 11 heteroatoms. The number of hydrogen-bond acceptors (Lipinski definition) is 6. The Bertz CT molecular complexity index is 1630. The zero-order valence-corrected chi connectivity index (χ0v) is 21.6. The van der Waals surface area contributed by atoms with Crippen LogP contribution in [0.5, 0.6) is 0 Å². The molecule has 0 bridgehead atoms. The molecule has 5 rings (SSSR count). The number of nitrogens with two attached hydrogens (primary N) is 2. The third kappa shape index (κ3) is 4.12. The fourth-order valence-electron chi connectivity index (χ4n) is 5.14. The molecule has 0 unspecified atom stereocenters. The molecule has 1 fully saturated rings. The second kappa shape index (κ2) is 9.02. The number of carbonyl (C=O) groups excluding carboxylic acids is 1. The number of rotatable bonds is 4. The summed E-state index contributed by atoms with van der Waals surface area (Å²) in [6.45, 7) is 7.39. The highest BCUT2D eigenvalue weighted by atomic mass is 19.1. The summed E-state index contributed by atoms with van der Waals surface area (Å²) in [5.41, 5.74) is 12.8. The van der Waals surface area contributed by atoms with Crippen molar-refractivity contribution in [3.63, 3.8) is 0 Å². The van der Waals surface area contributed by atoms with Crippen LogP contribution in [0.15, 0.2) is 41.2 Å². The van der Waals surface area contributed by atoms with Crippen LogP contribution in [0.25, 0.3) is 27.8 Å². The lowest BCUT2D eigenvalue weighted by Gasteiger charge is -2.23. The Balaban J connectivity index is 1.83. The van der Waals surface area contributed by atoms with Gasteiger partial charge in [0.2, 0.25) is 0 Å². The monoisotopic (exact) mass is 521 g/mol. The Hall–Kier alpha value is -4.12. The summed E-state index contributed by atoms with van der Waals surface area (Å²) in [5.74, 6) is -2.10. The quantitative estimate of drug-likeness (QED) is 0.425. The van der Waals surface area contributed by atoms with Crippen LogP contribution in [0.3, 0.4) is 0 Å². The van der Waals surface area contributed by atoms with Gasteiger partial charge in [0.05, 0.1) is 11.2 Å². The second-order valence-electron chi connectivity index (χ2n) is 10.7. The molecule has 38 heavy (non-hydrogen) atoms. The van der Waals surface area contributed by atoms with Gasteiger partial charge < -0.3 is 20.9 Å². The molecule has 1 aliphatic heterocycles. The highest BCUT2D eigenvalue weighted by Gasteiger charge is 2.30. The van der Waals surface area contributed by atoms with Crippen LogP contribution in [0.4, 0.5) is 14.5 Å². The second-order valence-corrected chi connectivity index (χ2v) is 10.7. The minimum Gasteiger partial charge on any atom is -0.368 e. The average Bonchev–Trinajstić information content (AvgIpc) is 3.42. The number of anilines is 1. The summed E-state index contributed by atoms with van der Waals surface area (Å²) < 4.78 is 31.6. The van der Waals surface area contributed by atoms with Gasteiger partial charge >= 0.3 is 0 Å². The number of aryl methyl sites for hydroxylation is 1. The van der Waals surface area contributed by atoms with Crippen molar-refractivity contribution in [1.82, 2.24) is 19.3 Å². The predicted octanol–water partition coefficient (Wildman–Crippen LogP) is 3.00. The van der Waals surface area contributed by atoms with E-state index < -0.39 is 28.8 Å². The van der Waals surface area contributed by atoms with E-state index >= 15 is 0 Å². The first-order chi connectivity index (χ1) is 17.9. The van der Waals surface area contributed by atoms with Crippen LogP contribution >= 0.6 is 0 Å². The first kappa shape index (κ1) is 25.5. The molecule has 198 valence electrons. The summed E-state index contributed by atoms with van der Waals surface area (Å²) >= 11 is 0. The molecule has 1 saturated heterocycles. The molecule has 0 saturated carbocycles. The van der Waals surface area contributed by atoms with Crippen LogP contribution in [-0.4, -0.2) is 44.4 Å². The van der Waals surface area contributed by atoms with Crippen molar-refractivity contribution in [3.8, 4) is 16.8 Å². The van der Waals surface area contributed by atoms with Gasteiger partial charge in [-0.2, -0.15) is 9.78 Å². The predicted molar refractivity (Wildman–Crippen MR) is 141 cm³/mol. The first-order valence-corrected chi connectivity index (χ1v) is 12.3. The van der Waals surface area contributed by atoms with Crippen molar-refractivity contribution in [2.45, 2.75) is 38.6 Å².